The lowest BCUT2D eigenvalue weighted by Gasteiger charge is -2.15. The van der Waals surface area contributed by atoms with Crippen LogP contribution in [0.5, 0.6) is 0 Å². The first-order valence-corrected chi connectivity index (χ1v) is 6.36. The molecule has 1 unspecified atom stereocenters. The fraction of sp³-hybridized carbons (Fsp3) is 0.143. The molecule has 0 saturated heterocycles. The zero-order valence-electron chi connectivity index (χ0n) is 9.32. The summed E-state index contributed by atoms with van der Waals surface area (Å²) in [5, 5.41) is 10.3. The largest absolute Gasteiger partial charge is 0.384 e. The second-order valence-electron chi connectivity index (χ2n) is 3.92. The summed E-state index contributed by atoms with van der Waals surface area (Å²) in [5.41, 5.74) is 2.31. The summed E-state index contributed by atoms with van der Waals surface area (Å²) >= 11 is 2.17. The van der Waals surface area contributed by atoms with Gasteiger partial charge in [-0.15, -0.1) is 0 Å². The molecule has 0 aliphatic heterocycles. The van der Waals surface area contributed by atoms with E-state index >= 15 is 0 Å². The molecule has 17 heavy (non-hydrogen) atoms. The van der Waals surface area contributed by atoms with Crippen molar-refractivity contribution < 1.29 is 9.50 Å². The molecule has 0 fully saturated rings. The van der Waals surface area contributed by atoms with Crippen LogP contribution in [-0.4, -0.2) is 5.11 Å². The van der Waals surface area contributed by atoms with Crippen molar-refractivity contribution in [2.45, 2.75) is 13.0 Å². The molecule has 0 bridgehead atoms. The molecule has 2 aromatic rings. The first kappa shape index (κ1) is 12.5. The number of benzene rings is 2. The third-order valence-electron chi connectivity index (χ3n) is 2.74. The van der Waals surface area contributed by atoms with Crippen molar-refractivity contribution in [1.82, 2.24) is 0 Å². The van der Waals surface area contributed by atoms with Crippen molar-refractivity contribution in [2.75, 3.05) is 0 Å². The fourth-order valence-corrected chi connectivity index (χ4v) is 2.45. The van der Waals surface area contributed by atoms with E-state index in [4.69, 9.17) is 0 Å². The van der Waals surface area contributed by atoms with Crippen LogP contribution >= 0.6 is 22.6 Å². The summed E-state index contributed by atoms with van der Waals surface area (Å²) in [7, 11) is 0. The van der Waals surface area contributed by atoms with Gasteiger partial charge in [-0.3, -0.25) is 0 Å². The van der Waals surface area contributed by atoms with E-state index in [1.165, 1.54) is 12.1 Å². The zero-order chi connectivity index (χ0) is 12.4. The van der Waals surface area contributed by atoms with Gasteiger partial charge in [0.1, 0.15) is 11.9 Å². The number of halogens is 2. The Morgan fingerprint density at radius 2 is 1.82 bits per heavy atom. The van der Waals surface area contributed by atoms with Gasteiger partial charge in [0.05, 0.1) is 0 Å². The number of aliphatic hydroxyl groups is 1. The second kappa shape index (κ2) is 5.14. The van der Waals surface area contributed by atoms with Crippen LogP contribution in [0, 0.1) is 16.3 Å². The lowest BCUT2D eigenvalue weighted by atomic mass is 9.97. The third kappa shape index (κ3) is 2.66. The molecule has 3 heteroatoms. The molecule has 0 aromatic heterocycles. The maximum atomic E-state index is 13.2. The fourth-order valence-electron chi connectivity index (χ4n) is 1.77. The van der Waals surface area contributed by atoms with E-state index in [0.717, 1.165) is 14.7 Å². The van der Waals surface area contributed by atoms with Crippen molar-refractivity contribution in [3.05, 3.63) is 68.5 Å². The Hall–Kier alpha value is -0.940. The summed E-state index contributed by atoms with van der Waals surface area (Å²) in [6, 6.07) is 12.0. The van der Waals surface area contributed by atoms with Gasteiger partial charge in [-0.1, -0.05) is 24.3 Å². The zero-order valence-corrected chi connectivity index (χ0v) is 11.5. The van der Waals surface area contributed by atoms with Crippen LogP contribution in [0.2, 0.25) is 0 Å². The van der Waals surface area contributed by atoms with E-state index in [1.807, 2.05) is 31.2 Å². The number of hydrogen-bond donors (Lipinski definition) is 1. The molecule has 1 nitrogen and oxygen atoms in total. The highest BCUT2D eigenvalue weighted by Gasteiger charge is 2.15. The van der Waals surface area contributed by atoms with Gasteiger partial charge in [0.2, 0.25) is 0 Å². The van der Waals surface area contributed by atoms with Gasteiger partial charge >= 0.3 is 0 Å². The maximum Gasteiger partial charge on any atom is 0.123 e. The molecule has 0 aliphatic rings. The Kier molecular flexibility index (Phi) is 3.79. The predicted molar refractivity (Wildman–Crippen MR) is 74.4 cm³/mol. The summed E-state index contributed by atoms with van der Waals surface area (Å²) in [4.78, 5) is 0. The van der Waals surface area contributed by atoms with Crippen molar-refractivity contribution in [3.8, 4) is 0 Å². The summed E-state index contributed by atoms with van der Waals surface area (Å²) in [5.74, 6) is -0.324. The van der Waals surface area contributed by atoms with Gasteiger partial charge in [0.25, 0.3) is 0 Å². The van der Waals surface area contributed by atoms with Crippen LogP contribution in [0.3, 0.4) is 0 Å². The van der Waals surface area contributed by atoms with E-state index in [9.17, 15) is 9.50 Å². The number of aliphatic hydroxyl groups excluding tert-OH is 1. The summed E-state index contributed by atoms with van der Waals surface area (Å²) in [6.45, 7) is 1.87. The predicted octanol–water partition coefficient (Wildman–Crippen LogP) is 3.82. The standard InChI is InChI=1S/C14H12FIO/c1-9-6-7-10(15)8-12(9)14(17)11-4-2-3-5-13(11)16/h2-8,14,17H,1H3. The second-order valence-corrected chi connectivity index (χ2v) is 5.09. The Balaban J connectivity index is 2.47. The number of hydrogen-bond acceptors (Lipinski definition) is 1. The Bertz CT molecular complexity index is 539. The first-order valence-electron chi connectivity index (χ1n) is 5.28. The van der Waals surface area contributed by atoms with Crippen LogP contribution in [-0.2, 0) is 0 Å². The molecule has 2 aromatic carbocycles. The highest BCUT2D eigenvalue weighted by molar-refractivity contribution is 14.1. The molecule has 0 heterocycles. The minimum absolute atomic E-state index is 0.324. The molecule has 88 valence electrons. The van der Waals surface area contributed by atoms with Crippen LogP contribution < -0.4 is 0 Å². The Morgan fingerprint density at radius 1 is 1.12 bits per heavy atom. The minimum atomic E-state index is -0.779. The smallest absolute Gasteiger partial charge is 0.123 e. The first-order chi connectivity index (χ1) is 8.09. The van der Waals surface area contributed by atoms with E-state index in [1.54, 1.807) is 6.07 Å². The average molecular weight is 342 g/mol. The maximum absolute atomic E-state index is 13.2. The molecule has 1 atom stereocenters. The molecule has 0 amide bonds. The number of rotatable bonds is 2. The van der Waals surface area contributed by atoms with Crippen LogP contribution in [0.4, 0.5) is 4.39 Å². The normalized spacial score (nSPS) is 12.5. The van der Waals surface area contributed by atoms with Gasteiger partial charge in [-0.2, -0.15) is 0 Å². The lowest BCUT2D eigenvalue weighted by Crippen LogP contribution is -2.04. The van der Waals surface area contributed by atoms with Gasteiger partial charge in [0, 0.05) is 3.57 Å². The molecule has 0 spiro atoms. The SMILES string of the molecule is Cc1ccc(F)cc1C(O)c1ccccc1I. The third-order valence-corrected chi connectivity index (χ3v) is 3.72. The van der Waals surface area contributed by atoms with Gasteiger partial charge in [0.15, 0.2) is 0 Å². The minimum Gasteiger partial charge on any atom is -0.384 e. The molecular weight excluding hydrogens is 330 g/mol. The number of aryl methyl sites for hydroxylation is 1. The van der Waals surface area contributed by atoms with Crippen molar-refractivity contribution in [2.24, 2.45) is 0 Å². The molecular formula is C14H12FIO. The Labute approximate surface area is 113 Å². The topological polar surface area (TPSA) is 20.2 Å². The van der Waals surface area contributed by atoms with Crippen LogP contribution in [0.25, 0.3) is 0 Å². The quantitative estimate of drug-likeness (QED) is 0.823. The molecule has 1 N–H and O–H groups in total. The highest BCUT2D eigenvalue weighted by Crippen LogP contribution is 2.28. The van der Waals surface area contributed by atoms with Crippen molar-refractivity contribution in [3.63, 3.8) is 0 Å². The van der Waals surface area contributed by atoms with Gasteiger partial charge < -0.3 is 5.11 Å². The molecule has 0 saturated carbocycles. The van der Waals surface area contributed by atoms with E-state index in [2.05, 4.69) is 22.6 Å². The Morgan fingerprint density at radius 3 is 2.53 bits per heavy atom. The van der Waals surface area contributed by atoms with Crippen molar-refractivity contribution in [1.29, 1.82) is 0 Å². The average Bonchev–Trinajstić information content (AvgIpc) is 2.32. The highest BCUT2D eigenvalue weighted by atomic mass is 127. The summed E-state index contributed by atoms with van der Waals surface area (Å²) in [6.07, 6.45) is -0.779. The monoisotopic (exact) mass is 342 g/mol. The van der Waals surface area contributed by atoms with Crippen LogP contribution in [0.15, 0.2) is 42.5 Å². The molecule has 0 aliphatic carbocycles. The van der Waals surface area contributed by atoms with Crippen LogP contribution in [0.1, 0.15) is 22.8 Å². The van der Waals surface area contributed by atoms with E-state index in [-0.39, 0.29) is 5.82 Å². The lowest BCUT2D eigenvalue weighted by molar-refractivity contribution is 0.218. The van der Waals surface area contributed by atoms with Gasteiger partial charge in [-0.05, 0) is 64.4 Å². The van der Waals surface area contributed by atoms with E-state index < -0.39 is 6.10 Å². The van der Waals surface area contributed by atoms with Crippen molar-refractivity contribution >= 4 is 22.6 Å². The van der Waals surface area contributed by atoms with E-state index in [0.29, 0.717) is 5.56 Å². The summed E-state index contributed by atoms with van der Waals surface area (Å²) < 4.78 is 14.2. The van der Waals surface area contributed by atoms with Gasteiger partial charge in [-0.25, -0.2) is 4.39 Å². The molecule has 0 radical (unpaired) electrons. The molecule has 2 rings (SSSR count).